The molecule has 0 bridgehead atoms. The molecule has 0 spiro atoms. The number of aromatic nitrogens is 3. The first-order valence-electron chi connectivity index (χ1n) is 7.78. The second-order valence-corrected chi connectivity index (χ2v) is 6.35. The summed E-state index contributed by atoms with van der Waals surface area (Å²) in [5.74, 6) is -0.110. The molecule has 0 saturated carbocycles. The molecule has 0 radical (unpaired) electrons. The Morgan fingerprint density at radius 3 is 2.84 bits per heavy atom. The van der Waals surface area contributed by atoms with Gasteiger partial charge in [0.05, 0.1) is 23.3 Å². The van der Waals surface area contributed by atoms with Crippen molar-refractivity contribution in [1.29, 1.82) is 0 Å². The van der Waals surface area contributed by atoms with Gasteiger partial charge in [-0.2, -0.15) is 0 Å². The summed E-state index contributed by atoms with van der Waals surface area (Å²) in [5, 5.41) is 6.70. The third-order valence-electron chi connectivity index (χ3n) is 3.71. The molecule has 0 saturated heterocycles. The molecule has 25 heavy (non-hydrogen) atoms. The molecular formula is C19H14N4OS. The van der Waals surface area contributed by atoms with E-state index in [1.807, 2.05) is 47.8 Å². The summed E-state index contributed by atoms with van der Waals surface area (Å²) in [6, 6.07) is 13.4. The van der Waals surface area contributed by atoms with Crippen LogP contribution in [-0.2, 0) is 11.2 Å². The molecule has 5 nitrogen and oxygen atoms in total. The third-order valence-corrected chi connectivity index (χ3v) is 4.65. The van der Waals surface area contributed by atoms with Crippen LogP contribution in [0.25, 0.3) is 21.5 Å². The number of thiazole rings is 1. The number of amides is 1. The van der Waals surface area contributed by atoms with Gasteiger partial charge in [-0.3, -0.25) is 14.8 Å². The maximum Gasteiger partial charge on any atom is 0.230 e. The zero-order valence-corrected chi connectivity index (χ0v) is 14.0. The minimum atomic E-state index is -0.110. The Morgan fingerprint density at radius 1 is 1.08 bits per heavy atom. The summed E-state index contributed by atoms with van der Waals surface area (Å²) in [6.45, 7) is 0. The van der Waals surface area contributed by atoms with Gasteiger partial charge < -0.3 is 5.32 Å². The Bertz CT molecular complexity index is 1020. The van der Waals surface area contributed by atoms with Crippen LogP contribution in [-0.4, -0.2) is 20.9 Å². The van der Waals surface area contributed by atoms with Crippen molar-refractivity contribution in [2.45, 2.75) is 6.42 Å². The highest BCUT2D eigenvalue weighted by atomic mass is 32.1. The average molecular weight is 346 g/mol. The van der Waals surface area contributed by atoms with Gasteiger partial charge in [-0.1, -0.05) is 18.2 Å². The average Bonchev–Trinajstić information content (AvgIpc) is 3.11. The molecule has 1 amide bonds. The molecule has 0 unspecified atom stereocenters. The lowest BCUT2D eigenvalue weighted by Crippen LogP contribution is -2.15. The lowest BCUT2D eigenvalue weighted by Gasteiger charge is -2.07. The van der Waals surface area contributed by atoms with Crippen LogP contribution in [0.5, 0.6) is 0 Å². The van der Waals surface area contributed by atoms with Gasteiger partial charge in [0.2, 0.25) is 5.91 Å². The van der Waals surface area contributed by atoms with Crippen LogP contribution >= 0.6 is 11.3 Å². The first-order valence-corrected chi connectivity index (χ1v) is 8.66. The number of hydrogen-bond donors (Lipinski definition) is 1. The quantitative estimate of drug-likeness (QED) is 0.608. The van der Waals surface area contributed by atoms with Gasteiger partial charge in [-0.15, -0.1) is 11.3 Å². The number of nitrogens with one attached hydrogen (secondary N) is 1. The number of anilines is 1. The fourth-order valence-electron chi connectivity index (χ4n) is 2.57. The highest BCUT2D eigenvalue weighted by Gasteiger charge is 2.11. The molecule has 1 N–H and O–H groups in total. The molecule has 0 aliphatic carbocycles. The summed E-state index contributed by atoms with van der Waals surface area (Å²) in [4.78, 5) is 25.4. The lowest BCUT2D eigenvalue weighted by molar-refractivity contribution is -0.115. The van der Waals surface area contributed by atoms with Crippen LogP contribution in [0.15, 0.2) is 66.4 Å². The van der Waals surface area contributed by atoms with Gasteiger partial charge in [0.1, 0.15) is 5.01 Å². The molecule has 4 rings (SSSR count). The highest BCUT2D eigenvalue weighted by Crippen LogP contribution is 2.24. The number of carbonyl (C=O) groups excluding carboxylic acids is 1. The number of para-hydroxylation sites is 1. The third kappa shape index (κ3) is 3.39. The van der Waals surface area contributed by atoms with E-state index in [1.165, 1.54) is 11.3 Å². The van der Waals surface area contributed by atoms with E-state index in [2.05, 4.69) is 20.3 Å². The van der Waals surface area contributed by atoms with Crippen LogP contribution in [0.1, 0.15) is 5.69 Å². The number of rotatable bonds is 4. The van der Waals surface area contributed by atoms with E-state index in [4.69, 9.17) is 0 Å². The summed E-state index contributed by atoms with van der Waals surface area (Å²) < 4.78 is 0. The van der Waals surface area contributed by atoms with Crippen molar-refractivity contribution in [1.82, 2.24) is 15.0 Å². The molecular weight excluding hydrogens is 332 g/mol. The summed E-state index contributed by atoms with van der Waals surface area (Å²) in [5.41, 5.74) is 3.20. The molecule has 3 heterocycles. The molecule has 0 aliphatic heterocycles. The minimum Gasteiger partial charge on any atom is -0.324 e. The monoisotopic (exact) mass is 346 g/mol. The minimum absolute atomic E-state index is 0.110. The van der Waals surface area contributed by atoms with Gasteiger partial charge in [0, 0.05) is 34.9 Å². The van der Waals surface area contributed by atoms with Gasteiger partial charge in [0.15, 0.2) is 0 Å². The number of carbonyl (C=O) groups is 1. The Hall–Kier alpha value is -3.12. The van der Waals surface area contributed by atoms with Crippen molar-refractivity contribution < 1.29 is 4.79 Å². The SMILES string of the molecule is O=C(Cc1csc(-c2cccnc2)n1)Nc1cccc2cccnc12. The van der Waals surface area contributed by atoms with E-state index in [-0.39, 0.29) is 12.3 Å². The second kappa shape index (κ2) is 6.78. The van der Waals surface area contributed by atoms with E-state index < -0.39 is 0 Å². The summed E-state index contributed by atoms with van der Waals surface area (Å²) in [7, 11) is 0. The van der Waals surface area contributed by atoms with Crippen molar-refractivity contribution in [3.05, 3.63) is 72.1 Å². The fraction of sp³-hybridized carbons (Fsp3) is 0.0526. The van der Waals surface area contributed by atoms with Gasteiger partial charge in [-0.05, 0) is 24.3 Å². The molecule has 1 aromatic carbocycles. The van der Waals surface area contributed by atoms with Crippen molar-refractivity contribution in [2.75, 3.05) is 5.32 Å². The van der Waals surface area contributed by atoms with E-state index in [0.29, 0.717) is 5.69 Å². The molecule has 0 atom stereocenters. The van der Waals surface area contributed by atoms with Crippen LogP contribution in [0.2, 0.25) is 0 Å². The van der Waals surface area contributed by atoms with E-state index in [0.717, 1.165) is 27.2 Å². The molecule has 4 aromatic rings. The highest BCUT2D eigenvalue weighted by molar-refractivity contribution is 7.13. The Labute approximate surface area is 148 Å². The second-order valence-electron chi connectivity index (χ2n) is 5.49. The van der Waals surface area contributed by atoms with Crippen molar-refractivity contribution in [3.63, 3.8) is 0 Å². The Morgan fingerprint density at radius 2 is 1.96 bits per heavy atom. The summed E-state index contributed by atoms with van der Waals surface area (Å²) in [6.07, 6.45) is 5.44. The topological polar surface area (TPSA) is 67.8 Å². The Kier molecular flexibility index (Phi) is 4.18. The molecule has 0 fully saturated rings. The van der Waals surface area contributed by atoms with Gasteiger partial charge >= 0.3 is 0 Å². The fourth-order valence-corrected chi connectivity index (χ4v) is 3.38. The molecule has 3 aromatic heterocycles. The van der Waals surface area contributed by atoms with Crippen molar-refractivity contribution in [3.8, 4) is 10.6 Å². The predicted molar refractivity (Wildman–Crippen MR) is 99.4 cm³/mol. The predicted octanol–water partition coefficient (Wildman–Crippen LogP) is 3.93. The standard InChI is InChI=1S/C19H14N4OS/c24-17(23-16-7-1-4-13-5-3-9-21-18(13)16)10-15-12-25-19(22-15)14-6-2-8-20-11-14/h1-9,11-12H,10H2,(H,23,24). The first kappa shape index (κ1) is 15.4. The maximum atomic E-state index is 12.4. The molecule has 0 aliphatic rings. The zero-order chi connectivity index (χ0) is 17.1. The van der Waals surface area contributed by atoms with E-state index >= 15 is 0 Å². The summed E-state index contributed by atoms with van der Waals surface area (Å²) >= 11 is 1.51. The van der Waals surface area contributed by atoms with Crippen LogP contribution in [0.3, 0.4) is 0 Å². The number of benzene rings is 1. The maximum absolute atomic E-state index is 12.4. The van der Waals surface area contributed by atoms with Gasteiger partial charge in [-0.25, -0.2) is 4.98 Å². The number of pyridine rings is 2. The lowest BCUT2D eigenvalue weighted by atomic mass is 10.2. The largest absolute Gasteiger partial charge is 0.324 e. The number of nitrogens with zero attached hydrogens (tertiary/aromatic N) is 3. The van der Waals surface area contributed by atoms with Crippen LogP contribution < -0.4 is 5.32 Å². The first-order chi connectivity index (χ1) is 12.3. The molecule has 6 heteroatoms. The normalized spacial score (nSPS) is 10.7. The molecule has 122 valence electrons. The van der Waals surface area contributed by atoms with Crippen LogP contribution in [0.4, 0.5) is 5.69 Å². The van der Waals surface area contributed by atoms with Crippen LogP contribution in [0, 0.1) is 0 Å². The number of hydrogen-bond acceptors (Lipinski definition) is 5. The van der Waals surface area contributed by atoms with Gasteiger partial charge in [0.25, 0.3) is 0 Å². The smallest absolute Gasteiger partial charge is 0.230 e. The van der Waals surface area contributed by atoms with Crippen molar-refractivity contribution >= 4 is 33.8 Å². The van der Waals surface area contributed by atoms with E-state index in [1.54, 1.807) is 18.6 Å². The Balaban J connectivity index is 1.50. The van der Waals surface area contributed by atoms with E-state index in [9.17, 15) is 4.79 Å². The number of fused-ring (bicyclic) bond motifs is 1. The zero-order valence-electron chi connectivity index (χ0n) is 13.2. The van der Waals surface area contributed by atoms with Crippen molar-refractivity contribution in [2.24, 2.45) is 0 Å².